The molecule has 0 aliphatic carbocycles. The number of hydrogen-bond donors (Lipinski definition) is 2. The Morgan fingerprint density at radius 3 is 2.86 bits per heavy atom. The van der Waals surface area contributed by atoms with E-state index in [1.807, 2.05) is 19.3 Å². The molecular formula is C27H29FN6O. The van der Waals surface area contributed by atoms with Gasteiger partial charge in [-0.05, 0) is 55.2 Å². The Labute approximate surface area is 203 Å². The van der Waals surface area contributed by atoms with Crippen molar-refractivity contribution in [3.05, 3.63) is 72.6 Å². The van der Waals surface area contributed by atoms with Crippen molar-refractivity contribution in [2.45, 2.75) is 25.9 Å². The molecule has 7 nitrogen and oxygen atoms in total. The first-order chi connectivity index (χ1) is 17.1. The standard InChI is InChI=1S/C27H29FN6O/c1-18(17-35)30-13-19-8-10-32(14-19)26-7-6-24-23(31-26)16-33-15-21(20-2-4-22(28)5-3-20)12-25(33)27-29-9-11-34(24)27/h2-7,9,11-12,15,18-19,30,35H,8,10,13-14,16-17H2,1H3/t18?,19-/m1/s1. The third-order valence-corrected chi connectivity index (χ3v) is 7.10. The van der Waals surface area contributed by atoms with Crippen LogP contribution >= 0.6 is 0 Å². The number of aliphatic hydroxyl groups excluding tert-OH is 1. The van der Waals surface area contributed by atoms with Gasteiger partial charge in [0.25, 0.3) is 0 Å². The molecule has 180 valence electrons. The van der Waals surface area contributed by atoms with Crippen LogP contribution in [0.15, 0.2) is 61.1 Å². The topological polar surface area (TPSA) is 71.1 Å². The minimum Gasteiger partial charge on any atom is -0.395 e. The molecule has 8 heteroatoms. The van der Waals surface area contributed by atoms with Crippen molar-refractivity contribution in [2.75, 3.05) is 31.1 Å². The van der Waals surface area contributed by atoms with Gasteiger partial charge >= 0.3 is 0 Å². The third-order valence-electron chi connectivity index (χ3n) is 7.10. The Balaban J connectivity index is 1.30. The van der Waals surface area contributed by atoms with Crippen molar-refractivity contribution in [2.24, 2.45) is 5.92 Å². The van der Waals surface area contributed by atoms with Crippen molar-refractivity contribution in [3.8, 4) is 28.3 Å². The quantitative estimate of drug-likeness (QED) is 0.394. The number of halogens is 1. The number of hydrogen-bond acceptors (Lipinski definition) is 5. The summed E-state index contributed by atoms with van der Waals surface area (Å²) in [5.74, 6) is 2.17. The summed E-state index contributed by atoms with van der Waals surface area (Å²) in [4.78, 5) is 12.1. The number of nitrogens with zero attached hydrogens (tertiary/aromatic N) is 5. The van der Waals surface area contributed by atoms with Crippen LogP contribution in [0.3, 0.4) is 0 Å². The monoisotopic (exact) mass is 472 g/mol. The number of imidazole rings is 1. The fourth-order valence-electron chi connectivity index (χ4n) is 5.11. The van der Waals surface area contributed by atoms with Crippen LogP contribution in [0.4, 0.5) is 10.2 Å². The van der Waals surface area contributed by atoms with Gasteiger partial charge in [0.2, 0.25) is 0 Å². The molecule has 2 aliphatic rings. The third kappa shape index (κ3) is 4.13. The molecule has 2 aliphatic heterocycles. The van der Waals surface area contributed by atoms with Gasteiger partial charge in [0.1, 0.15) is 11.6 Å². The maximum atomic E-state index is 13.4. The minimum atomic E-state index is -0.237. The van der Waals surface area contributed by atoms with Gasteiger partial charge < -0.3 is 19.9 Å². The molecule has 1 fully saturated rings. The lowest BCUT2D eigenvalue weighted by atomic mass is 10.1. The number of aliphatic hydroxyl groups is 1. The van der Waals surface area contributed by atoms with Gasteiger partial charge in [0.15, 0.2) is 5.82 Å². The SMILES string of the molecule is CC(CO)NC[C@H]1CCN(c2ccc3c(n2)Cn2cc(-c4ccc(F)cc4)cc2-c2nccn2-3)C1. The first-order valence-corrected chi connectivity index (χ1v) is 12.2. The van der Waals surface area contributed by atoms with E-state index in [-0.39, 0.29) is 18.5 Å². The number of nitrogens with one attached hydrogen (secondary N) is 1. The Hall–Kier alpha value is -3.49. The largest absolute Gasteiger partial charge is 0.395 e. The molecular weight excluding hydrogens is 443 g/mol. The summed E-state index contributed by atoms with van der Waals surface area (Å²) in [5, 5.41) is 12.7. The molecule has 4 aromatic rings. The molecule has 0 spiro atoms. The normalized spacial score (nSPS) is 17.6. The van der Waals surface area contributed by atoms with Crippen LogP contribution in [0.1, 0.15) is 19.0 Å². The van der Waals surface area contributed by atoms with Crippen LogP contribution in [0, 0.1) is 11.7 Å². The maximum Gasteiger partial charge on any atom is 0.161 e. The number of rotatable bonds is 6. The zero-order valence-electron chi connectivity index (χ0n) is 19.7. The molecule has 35 heavy (non-hydrogen) atoms. The summed E-state index contributed by atoms with van der Waals surface area (Å²) in [6, 6.07) is 13.1. The lowest BCUT2D eigenvalue weighted by molar-refractivity contribution is 0.247. The number of anilines is 1. The van der Waals surface area contributed by atoms with Gasteiger partial charge in [-0.15, -0.1) is 0 Å². The molecule has 2 atom stereocenters. The van der Waals surface area contributed by atoms with E-state index in [0.717, 1.165) is 65.9 Å². The molecule has 5 heterocycles. The van der Waals surface area contributed by atoms with Crippen LogP contribution in [-0.2, 0) is 6.54 Å². The highest BCUT2D eigenvalue weighted by atomic mass is 19.1. The van der Waals surface area contributed by atoms with Gasteiger partial charge in [-0.3, -0.25) is 4.57 Å². The van der Waals surface area contributed by atoms with Crippen molar-refractivity contribution < 1.29 is 9.50 Å². The van der Waals surface area contributed by atoms with Crippen molar-refractivity contribution in [1.82, 2.24) is 24.4 Å². The summed E-state index contributed by atoms with van der Waals surface area (Å²) in [5.41, 5.74) is 5.05. The molecule has 1 aromatic carbocycles. The van der Waals surface area contributed by atoms with Gasteiger partial charge in [-0.25, -0.2) is 14.4 Å². The van der Waals surface area contributed by atoms with Gasteiger partial charge in [-0.1, -0.05) is 12.1 Å². The second-order valence-corrected chi connectivity index (χ2v) is 9.60. The number of benzene rings is 1. The van der Waals surface area contributed by atoms with E-state index in [4.69, 9.17) is 4.98 Å². The number of pyridine rings is 1. The summed E-state index contributed by atoms with van der Waals surface area (Å²) in [7, 11) is 0. The van der Waals surface area contributed by atoms with Gasteiger partial charge in [0, 0.05) is 49.8 Å². The van der Waals surface area contributed by atoms with E-state index in [1.54, 1.807) is 12.1 Å². The Kier molecular flexibility index (Phi) is 5.62. The van der Waals surface area contributed by atoms with E-state index in [2.05, 4.69) is 48.7 Å². The molecule has 6 rings (SSSR count). The summed E-state index contributed by atoms with van der Waals surface area (Å²) < 4.78 is 17.7. The Bertz CT molecular complexity index is 1340. The average molecular weight is 473 g/mol. The predicted molar refractivity (Wildman–Crippen MR) is 134 cm³/mol. The van der Waals surface area contributed by atoms with Crippen LogP contribution in [0.5, 0.6) is 0 Å². The lowest BCUT2D eigenvalue weighted by Gasteiger charge is -2.20. The lowest BCUT2D eigenvalue weighted by Crippen LogP contribution is -2.34. The summed E-state index contributed by atoms with van der Waals surface area (Å²) >= 11 is 0. The fraction of sp³-hybridized carbons (Fsp3) is 0.333. The number of aromatic nitrogens is 4. The molecule has 0 radical (unpaired) electrons. The molecule has 0 amide bonds. The van der Waals surface area contributed by atoms with Crippen LogP contribution in [0.2, 0.25) is 0 Å². The van der Waals surface area contributed by atoms with Crippen LogP contribution in [0.25, 0.3) is 28.3 Å². The minimum absolute atomic E-state index is 0.120. The molecule has 0 saturated carbocycles. The smallest absolute Gasteiger partial charge is 0.161 e. The molecule has 0 bridgehead atoms. The van der Waals surface area contributed by atoms with E-state index >= 15 is 0 Å². The zero-order chi connectivity index (χ0) is 23.9. The highest BCUT2D eigenvalue weighted by molar-refractivity contribution is 5.71. The summed E-state index contributed by atoms with van der Waals surface area (Å²) in [6.07, 6.45) is 7.01. The van der Waals surface area contributed by atoms with Crippen molar-refractivity contribution >= 4 is 5.82 Å². The Morgan fingerprint density at radius 1 is 1.17 bits per heavy atom. The van der Waals surface area contributed by atoms with Gasteiger partial charge in [-0.2, -0.15) is 0 Å². The first-order valence-electron chi connectivity index (χ1n) is 12.2. The van der Waals surface area contributed by atoms with Crippen LogP contribution < -0.4 is 10.2 Å². The average Bonchev–Trinajstić information content (AvgIpc) is 3.62. The highest BCUT2D eigenvalue weighted by Gasteiger charge is 2.26. The summed E-state index contributed by atoms with van der Waals surface area (Å²) in [6.45, 7) is 5.63. The fourth-order valence-corrected chi connectivity index (χ4v) is 5.11. The van der Waals surface area contributed by atoms with E-state index in [9.17, 15) is 9.50 Å². The first kappa shape index (κ1) is 22.0. The second-order valence-electron chi connectivity index (χ2n) is 9.60. The molecule has 3 aromatic heterocycles. The Morgan fingerprint density at radius 2 is 2.03 bits per heavy atom. The van der Waals surface area contributed by atoms with E-state index in [1.165, 1.54) is 12.1 Å². The molecule has 2 N–H and O–H groups in total. The predicted octanol–water partition coefficient (Wildman–Crippen LogP) is 3.70. The van der Waals surface area contributed by atoms with Crippen LogP contribution in [-0.4, -0.2) is 56.5 Å². The van der Waals surface area contributed by atoms with E-state index in [0.29, 0.717) is 12.5 Å². The maximum absolute atomic E-state index is 13.4. The van der Waals surface area contributed by atoms with Crippen molar-refractivity contribution in [1.29, 1.82) is 0 Å². The van der Waals surface area contributed by atoms with Crippen molar-refractivity contribution in [3.63, 3.8) is 0 Å². The second kappa shape index (κ2) is 8.94. The van der Waals surface area contributed by atoms with Gasteiger partial charge in [0.05, 0.1) is 30.2 Å². The number of fused-ring (bicyclic) bond motifs is 5. The molecule has 1 saturated heterocycles. The highest BCUT2D eigenvalue weighted by Crippen LogP contribution is 2.34. The van der Waals surface area contributed by atoms with E-state index < -0.39 is 0 Å². The molecule has 1 unspecified atom stereocenters. The zero-order valence-corrected chi connectivity index (χ0v) is 19.7.